The van der Waals surface area contributed by atoms with Crippen molar-refractivity contribution in [2.24, 2.45) is 5.73 Å². The number of ether oxygens (including phenoxy) is 1. The first-order valence-corrected chi connectivity index (χ1v) is 3.29. The quantitative estimate of drug-likeness (QED) is 0.549. The largest absolute Gasteiger partial charge is 0.444 e. The SMILES string of the molecule is CN1CC(OC(N)=O)CC1=O. The van der Waals surface area contributed by atoms with Gasteiger partial charge in [-0.25, -0.2) is 4.79 Å². The van der Waals surface area contributed by atoms with Gasteiger partial charge in [0.25, 0.3) is 0 Å². The fraction of sp³-hybridized carbons (Fsp3) is 0.667. The van der Waals surface area contributed by atoms with Crippen molar-refractivity contribution in [3.05, 3.63) is 0 Å². The summed E-state index contributed by atoms with van der Waals surface area (Å²) in [7, 11) is 1.66. The maximum atomic E-state index is 10.9. The van der Waals surface area contributed by atoms with Gasteiger partial charge in [-0.1, -0.05) is 0 Å². The lowest BCUT2D eigenvalue weighted by molar-refractivity contribution is -0.126. The molecule has 62 valence electrons. The van der Waals surface area contributed by atoms with Crippen LogP contribution >= 0.6 is 0 Å². The fourth-order valence-electron chi connectivity index (χ4n) is 1.07. The number of amides is 2. The van der Waals surface area contributed by atoms with Gasteiger partial charge < -0.3 is 15.4 Å². The Labute approximate surface area is 64.1 Å². The molecule has 5 heteroatoms. The Kier molecular flexibility index (Phi) is 1.98. The molecule has 5 nitrogen and oxygen atoms in total. The highest BCUT2D eigenvalue weighted by Crippen LogP contribution is 2.11. The van der Waals surface area contributed by atoms with Crippen LogP contribution in [0.1, 0.15) is 6.42 Å². The van der Waals surface area contributed by atoms with Crippen molar-refractivity contribution in [3.63, 3.8) is 0 Å². The topological polar surface area (TPSA) is 72.6 Å². The number of likely N-dealkylation sites (N-methyl/N-ethyl adjacent to an activating group) is 1. The van der Waals surface area contributed by atoms with Crippen LogP contribution in [0.25, 0.3) is 0 Å². The Morgan fingerprint density at radius 1 is 1.82 bits per heavy atom. The van der Waals surface area contributed by atoms with E-state index in [4.69, 9.17) is 5.73 Å². The molecule has 0 aliphatic carbocycles. The zero-order valence-corrected chi connectivity index (χ0v) is 6.24. The molecule has 0 aromatic rings. The smallest absolute Gasteiger partial charge is 0.404 e. The molecule has 1 aliphatic heterocycles. The zero-order valence-electron chi connectivity index (χ0n) is 6.24. The maximum absolute atomic E-state index is 10.9. The number of nitrogens with two attached hydrogens (primary N) is 1. The second-order valence-electron chi connectivity index (χ2n) is 2.54. The molecule has 11 heavy (non-hydrogen) atoms. The van der Waals surface area contributed by atoms with Gasteiger partial charge in [-0.05, 0) is 0 Å². The first kappa shape index (κ1) is 7.84. The summed E-state index contributed by atoms with van der Waals surface area (Å²) in [6, 6.07) is 0. The number of rotatable bonds is 1. The van der Waals surface area contributed by atoms with E-state index in [1.807, 2.05) is 0 Å². The summed E-state index contributed by atoms with van der Waals surface area (Å²) >= 11 is 0. The van der Waals surface area contributed by atoms with E-state index in [1.54, 1.807) is 7.05 Å². The minimum atomic E-state index is -0.821. The van der Waals surface area contributed by atoms with Crippen LogP contribution in [0.4, 0.5) is 4.79 Å². The fourth-order valence-corrected chi connectivity index (χ4v) is 1.07. The van der Waals surface area contributed by atoms with Crippen LogP contribution in [-0.2, 0) is 9.53 Å². The number of carbonyl (C=O) groups excluding carboxylic acids is 2. The third-order valence-corrected chi connectivity index (χ3v) is 1.59. The summed E-state index contributed by atoms with van der Waals surface area (Å²) in [6.45, 7) is 0.446. The van der Waals surface area contributed by atoms with Gasteiger partial charge in [-0.3, -0.25) is 4.79 Å². The lowest BCUT2D eigenvalue weighted by Gasteiger charge is -2.08. The average Bonchev–Trinajstić information content (AvgIpc) is 2.10. The van der Waals surface area contributed by atoms with Crippen molar-refractivity contribution < 1.29 is 14.3 Å². The highest BCUT2D eigenvalue weighted by atomic mass is 16.6. The highest BCUT2D eigenvalue weighted by molar-refractivity contribution is 5.79. The number of hydrogen-bond donors (Lipinski definition) is 1. The minimum Gasteiger partial charge on any atom is -0.444 e. The standard InChI is InChI=1S/C6H10N2O3/c1-8-3-4(2-5(8)9)11-6(7)10/h4H,2-3H2,1H3,(H2,7,10). The third-order valence-electron chi connectivity index (χ3n) is 1.59. The van der Waals surface area contributed by atoms with Gasteiger partial charge in [0.2, 0.25) is 5.91 Å². The Bertz CT molecular complexity index is 190. The summed E-state index contributed by atoms with van der Waals surface area (Å²) in [5.41, 5.74) is 4.77. The van der Waals surface area contributed by atoms with E-state index in [1.165, 1.54) is 4.90 Å². The predicted octanol–water partition coefficient (Wildman–Crippen LogP) is -0.688. The van der Waals surface area contributed by atoms with Crippen molar-refractivity contribution in [1.82, 2.24) is 4.90 Å². The third kappa shape index (κ3) is 1.83. The van der Waals surface area contributed by atoms with Crippen molar-refractivity contribution in [1.29, 1.82) is 0 Å². The van der Waals surface area contributed by atoms with E-state index in [-0.39, 0.29) is 18.4 Å². The molecule has 0 bridgehead atoms. The Morgan fingerprint density at radius 2 is 2.45 bits per heavy atom. The summed E-state index contributed by atoms with van der Waals surface area (Å²) in [6.07, 6.45) is -0.928. The first-order valence-electron chi connectivity index (χ1n) is 3.29. The molecule has 0 aromatic carbocycles. The molecule has 0 radical (unpaired) electrons. The number of nitrogens with zero attached hydrogens (tertiary/aromatic N) is 1. The van der Waals surface area contributed by atoms with Gasteiger partial charge in [0, 0.05) is 7.05 Å². The normalized spacial score (nSPS) is 23.9. The van der Waals surface area contributed by atoms with E-state index in [0.717, 1.165) is 0 Å². The van der Waals surface area contributed by atoms with Crippen LogP contribution in [0, 0.1) is 0 Å². The summed E-state index contributed by atoms with van der Waals surface area (Å²) in [5.74, 6) is -0.0174. The number of likely N-dealkylation sites (tertiary alicyclic amines) is 1. The molecule has 1 saturated heterocycles. The molecule has 1 atom stereocenters. The van der Waals surface area contributed by atoms with Gasteiger partial charge in [-0.2, -0.15) is 0 Å². The predicted molar refractivity (Wildman–Crippen MR) is 36.7 cm³/mol. The Hall–Kier alpha value is -1.26. The molecular weight excluding hydrogens is 148 g/mol. The number of carbonyl (C=O) groups is 2. The summed E-state index contributed by atoms with van der Waals surface area (Å²) < 4.78 is 4.63. The zero-order chi connectivity index (χ0) is 8.43. The maximum Gasteiger partial charge on any atom is 0.404 e. The van der Waals surface area contributed by atoms with Crippen LogP contribution in [-0.4, -0.2) is 36.6 Å². The number of hydrogen-bond acceptors (Lipinski definition) is 3. The van der Waals surface area contributed by atoms with E-state index in [2.05, 4.69) is 4.74 Å². The van der Waals surface area contributed by atoms with Crippen LogP contribution in [0.15, 0.2) is 0 Å². The molecule has 0 saturated carbocycles. The van der Waals surface area contributed by atoms with E-state index in [9.17, 15) is 9.59 Å². The second-order valence-corrected chi connectivity index (χ2v) is 2.54. The summed E-state index contributed by atoms with van der Waals surface area (Å²) in [5, 5.41) is 0. The van der Waals surface area contributed by atoms with Crippen molar-refractivity contribution in [2.75, 3.05) is 13.6 Å². The molecule has 1 rings (SSSR count). The molecular formula is C6H10N2O3. The van der Waals surface area contributed by atoms with E-state index >= 15 is 0 Å². The summed E-state index contributed by atoms with van der Waals surface area (Å²) in [4.78, 5) is 22.6. The van der Waals surface area contributed by atoms with Crippen LogP contribution in [0.5, 0.6) is 0 Å². The van der Waals surface area contributed by atoms with Crippen LogP contribution in [0.3, 0.4) is 0 Å². The van der Waals surface area contributed by atoms with Crippen LogP contribution < -0.4 is 5.73 Å². The van der Waals surface area contributed by atoms with Gasteiger partial charge in [0.15, 0.2) is 0 Å². The van der Waals surface area contributed by atoms with Gasteiger partial charge in [0.1, 0.15) is 6.10 Å². The molecule has 0 aromatic heterocycles. The lowest BCUT2D eigenvalue weighted by atomic mass is 10.3. The van der Waals surface area contributed by atoms with E-state index in [0.29, 0.717) is 6.54 Å². The van der Waals surface area contributed by atoms with Crippen molar-refractivity contribution >= 4 is 12.0 Å². The monoisotopic (exact) mass is 158 g/mol. The molecule has 0 spiro atoms. The second kappa shape index (κ2) is 2.77. The molecule has 1 fully saturated rings. The molecule has 2 amide bonds. The molecule has 2 N–H and O–H groups in total. The number of primary amides is 1. The molecule has 1 unspecified atom stereocenters. The van der Waals surface area contributed by atoms with Gasteiger partial charge in [0.05, 0.1) is 13.0 Å². The highest BCUT2D eigenvalue weighted by Gasteiger charge is 2.28. The van der Waals surface area contributed by atoms with Crippen LogP contribution in [0.2, 0.25) is 0 Å². The Balaban J connectivity index is 2.41. The van der Waals surface area contributed by atoms with Crippen molar-refractivity contribution in [2.45, 2.75) is 12.5 Å². The lowest BCUT2D eigenvalue weighted by Crippen LogP contribution is -2.25. The minimum absolute atomic E-state index is 0.0174. The van der Waals surface area contributed by atoms with E-state index < -0.39 is 6.09 Å². The molecule has 1 aliphatic rings. The Morgan fingerprint density at radius 3 is 2.82 bits per heavy atom. The van der Waals surface area contributed by atoms with Gasteiger partial charge >= 0.3 is 6.09 Å². The van der Waals surface area contributed by atoms with Gasteiger partial charge in [-0.15, -0.1) is 0 Å². The first-order chi connectivity index (χ1) is 5.09. The van der Waals surface area contributed by atoms with Crippen molar-refractivity contribution in [3.8, 4) is 0 Å². The average molecular weight is 158 g/mol. The molecule has 1 heterocycles.